The van der Waals surface area contributed by atoms with Crippen molar-refractivity contribution in [1.29, 1.82) is 0 Å². The molecule has 0 heterocycles. The minimum absolute atomic E-state index is 0.132. The molecule has 2 fully saturated rings. The van der Waals surface area contributed by atoms with Crippen LogP contribution in [0.5, 0.6) is 0 Å². The Bertz CT molecular complexity index is 272. The van der Waals surface area contributed by atoms with E-state index in [4.69, 9.17) is 0 Å². The molecule has 2 aliphatic carbocycles. The van der Waals surface area contributed by atoms with Crippen molar-refractivity contribution in [2.75, 3.05) is 0 Å². The van der Waals surface area contributed by atoms with E-state index >= 15 is 0 Å². The topological polar surface area (TPSA) is 40.5 Å². The molecule has 6 atom stereocenters. The largest absolute Gasteiger partial charge is 0.392 e. The molecule has 2 heteroatoms. The maximum atomic E-state index is 10.7. The summed E-state index contributed by atoms with van der Waals surface area (Å²) in [5, 5.41) is 21.3. The zero-order chi connectivity index (χ0) is 13.4. The second-order valence-electron chi connectivity index (χ2n) is 7.30. The standard InChI is InChI=1S/C16H30O2/c1-9(2)12-7-5-6-11-8-13(10(3)4)16(18)14(11)15(12)17/h9-18H,5-8H2,1-4H3/t11?,12?,13-,14?,15?,16?/m0/s1. The summed E-state index contributed by atoms with van der Waals surface area (Å²) in [6.07, 6.45) is 4.08. The Morgan fingerprint density at radius 2 is 1.39 bits per heavy atom. The monoisotopic (exact) mass is 254 g/mol. The molecule has 2 nitrogen and oxygen atoms in total. The van der Waals surface area contributed by atoms with Crippen LogP contribution in [0.1, 0.15) is 53.4 Å². The van der Waals surface area contributed by atoms with E-state index in [0.717, 1.165) is 12.8 Å². The average molecular weight is 254 g/mol. The van der Waals surface area contributed by atoms with Crippen LogP contribution in [0.25, 0.3) is 0 Å². The molecule has 0 aromatic rings. The Labute approximate surface area is 112 Å². The fourth-order valence-electron chi connectivity index (χ4n) is 4.47. The number of hydrogen-bond donors (Lipinski definition) is 2. The van der Waals surface area contributed by atoms with Gasteiger partial charge in [-0.05, 0) is 48.9 Å². The van der Waals surface area contributed by atoms with Crippen LogP contribution in [0, 0.1) is 35.5 Å². The lowest BCUT2D eigenvalue weighted by atomic mass is 9.79. The van der Waals surface area contributed by atoms with Crippen LogP contribution in [-0.2, 0) is 0 Å². The first-order chi connectivity index (χ1) is 8.43. The molecule has 0 saturated heterocycles. The molecule has 2 saturated carbocycles. The van der Waals surface area contributed by atoms with E-state index in [-0.39, 0.29) is 18.1 Å². The molecule has 2 rings (SSSR count). The Kier molecular flexibility index (Phi) is 4.38. The van der Waals surface area contributed by atoms with Crippen LogP contribution in [0.15, 0.2) is 0 Å². The highest BCUT2D eigenvalue weighted by molar-refractivity contribution is 4.98. The normalized spacial score (nSPS) is 45.3. The van der Waals surface area contributed by atoms with Gasteiger partial charge in [-0.1, -0.05) is 34.1 Å². The van der Waals surface area contributed by atoms with Gasteiger partial charge >= 0.3 is 0 Å². The average Bonchev–Trinajstić information content (AvgIpc) is 2.50. The lowest BCUT2D eigenvalue weighted by Crippen LogP contribution is -2.39. The summed E-state index contributed by atoms with van der Waals surface area (Å²) < 4.78 is 0. The van der Waals surface area contributed by atoms with Crippen molar-refractivity contribution in [3.63, 3.8) is 0 Å². The van der Waals surface area contributed by atoms with Crippen molar-refractivity contribution >= 4 is 0 Å². The van der Waals surface area contributed by atoms with Crippen molar-refractivity contribution < 1.29 is 10.2 Å². The van der Waals surface area contributed by atoms with Crippen molar-refractivity contribution in [2.45, 2.75) is 65.6 Å². The Balaban J connectivity index is 2.18. The molecule has 5 unspecified atom stereocenters. The van der Waals surface area contributed by atoms with E-state index < -0.39 is 0 Å². The fourth-order valence-corrected chi connectivity index (χ4v) is 4.47. The highest BCUT2D eigenvalue weighted by Gasteiger charge is 2.49. The first kappa shape index (κ1) is 14.3. The first-order valence-corrected chi connectivity index (χ1v) is 7.79. The molecular formula is C16H30O2. The molecule has 0 bridgehead atoms. The second kappa shape index (κ2) is 5.50. The Morgan fingerprint density at radius 1 is 0.833 bits per heavy atom. The molecule has 0 spiro atoms. The van der Waals surface area contributed by atoms with E-state index in [9.17, 15) is 10.2 Å². The zero-order valence-corrected chi connectivity index (χ0v) is 12.3. The van der Waals surface area contributed by atoms with E-state index in [1.807, 2.05) is 0 Å². The molecule has 0 aliphatic heterocycles. The third-order valence-electron chi connectivity index (χ3n) is 5.61. The first-order valence-electron chi connectivity index (χ1n) is 7.79. The zero-order valence-electron chi connectivity index (χ0n) is 12.3. The van der Waals surface area contributed by atoms with Gasteiger partial charge in [0.25, 0.3) is 0 Å². The predicted molar refractivity (Wildman–Crippen MR) is 74.1 cm³/mol. The number of hydrogen-bond acceptors (Lipinski definition) is 2. The molecule has 0 radical (unpaired) electrons. The summed E-state index contributed by atoms with van der Waals surface area (Å²) in [6.45, 7) is 8.81. The smallest absolute Gasteiger partial charge is 0.0626 e. The summed E-state index contributed by atoms with van der Waals surface area (Å²) in [5.74, 6) is 2.49. The van der Waals surface area contributed by atoms with Crippen LogP contribution in [0.4, 0.5) is 0 Å². The molecule has 2 N–H and O–H groups in total. The summed E-state index contributed by atoms with van der Waals surface area (Å²) in [4.78, 5) is 0. The number of fused-ring (bicyclic) bond motifs is 1. The van der Waals surface area contributed by atoms with Gasteiger partial charge in [-0.3, -0.25) is 0 Å². The quantitative estimate of drug-likeness (QED) is 0.795. The van der Waals surface area contributed by atoms with Gasteiger partial charge in [0.2, 0.25) is 0 Å². The van der Waals surface area contributed by atoms with Crippen LogP contribution in [-0.4, -0.2) is 22.4 Å². The summed E-state index contributed by atoms with van der Waals surface area (Å²) in [7, 11) is 0. The molecule has 0 aromatic heterocycles. The van der Waals surface area contributed by atoms with Gasteiger partial charge < -0.3 is 10.2 Å². The fraction of sp³-hybridized carbons (Fsp3) is 1.00. The van der Waals surface area contributed by atoms with Crippen molar-refractivity contribution in [3.05, 3.63) is 0 Å². The second-order valence-corrected chi connectivity index (χ2v) is 7.30. The lowest BCUT2D eigenvalue weighted by Gasteiger charge is -2.33. The molecule has 106 valence electrons. The maximum absolute atomic E-state index is 10.7. The van der Waals surface area contributed by atoms with Crippen LogP contribution < -0.4 is 0 Å². The van der Waals surface area contributed by atoms with Crippen molar-refractivity contribution in [1.82, 2.24) is 0 Å². The van der Waals surface area contributed by atoms with Gasteiger partial charge in [0.1, 0.15) is 0 Å². The number of rotatable bonds is 2. The third kappa shape index (κ3) is 2.46. The van der Waals surface area contributed by atoms with Gasteiger partial charge in [-0.25, -0.2) is 0 Å². The van der Waals surface area contributed by atoms with E-state index in [0.29, 0.717) is 29.6 Å². The van der Waals surface area contributed by atoms with Gasteiger partial charge in [-0.2, -0.15) is 0 Å². The van der Waals surface area contributed by atoms with E-state index in [2.05, 4.69) is 27.7 Å². The summed E-state index contributed by atoms with van der Waals surface area (Å²) in [6, 6.07) is 0. The molecule has 0 aromatic carbocycles. The maximum Gasteiger partial charge on any atom is 0.0626 e. The molecule has 2 aliphatic rings. The molecular weight excluding hydrogens is 224 g/mol. The van der Waals surface area contributed by atoms with Crippen molar-refractivity contribution in [3.8, 4) is 0 Å². The highest BCUT2D eigenvalue weighted by atomic mass is 16.3. The van der Waals surface area contributed by atoms with Crippen LogP contribution in [0.2, 0.25) is 0 Å². The SMILES string of the molecule is CC(C)C1CCCC2C[C@@H](C(C)C)C(O)C2C1O. The van der Waals surface area contributed by atoms with E-state index in [1.165, 1.54) is 12.8 Å². The highest BCUT2D eigenvalue weighted by Crippen LogP contribution is 2.49. The summed E-state index contributed by atoms with van der Waals surface area (Å²) >= 11 is 0. The van der Waals surface area contributed by atoms with Crippen LogP contribution >= 0.6 is 0 Å². The lowest BCUT2D eigenvalue weighted by molar-refractivity contribution is -0.0388. The minimum atomic E-state index is -0.295. The van der Waals surface area contributed by atoms with Crippen LogP contribution in [0.3, 0.4) is 0 Å². The van der Waals surface area contributed by atoms with Gasteiger partial charge in [0.15, 0.2) is 0 Å². The third-order valence-corrected chi connectivity index (χ3v) is 5.61. The predicted octanol–water partition coefficient (Wildman–Crippen LogP) is 3.07. The van der Waals surface area contributed by atoms with Gasteiger partial charge in [0.05, 0.1) is 12.2 Å². The Morgan fingerprint density at radius 3 is 1.94 bits per heavy atom. The minimum Gasteiger partial charge on any atom is -0.392 e. The number of aliphatic hydroxyl groups excluding tert-OH is 2. The summed E-state index contributed by atoms with van der Waals surface area (Å²) in [5.41, 5.74) is 0. The number of aliphatic hydroxyl groups is 2. The van der Waals surface area contributed by atoms with Gasteiger partial charge in [-0.15, -0.1) is 0 Å². The van der Waals surface area contributed by atoms with Gasteiger partial charge in [0, 0.05) is 5.92 Å². The molecule has 18 heavy (non-hydrogen) atoms. The van der Waals surface area contributed by atoms with E-state index in [1.54, 1.807) is 0 Å². The molecule has 0 amide bonds. The Hall–Kier alpha value is -0.0800. The van der Waals surface area contributed by atoms with Crippen molar-refractivity contribution in [2.24, 2.45) is 35.5 Å².